The van der Waals surface area contributed by atoms with E-state index in [0.717, 1.165) is 0 Å². The van der Waals surface area contributed by atoms with Gasteiger partial charge in [0.15, 0.2) is 5.69 Å². The van der Waals surface area contributed by atoms with Crippen LogP contribution in [0.25, 0.3) is 0 Å². The van der Waals surface area contributed by atoms with Crippen LogP contribution in [-0.4, -0.2) is 22.4 Å². The number of carbonyl (C=O) groups is 1. The molecular weight excluding hydrogens is 285 g/mol. The van der Waals surface area contributed by atoms with Crippen LogP contribution in [0, 0.1) is 5.82 Å². The highest BCUT2D eigenvalue weighted by Gasteiger charge is 2.16. The first-order chi connectivity index (χ1) is 9.51. The molecular formula is C13H13ClFN3O2. The second-order valence-corrected chi connectivity index (χ2v) is 4.51. The molecule has 0 amide bonds. The first-order valence-electron chi connectivity index (χ1n) is 5.95. The molecule has 0 atom stereocenters. The number of ether oxygens (including phenoxy) is 1. The number of hydrogen-bond donors (Lipinski definition) is 1. The maximum Gasteiger partial charge on any atom is 0.361 e. The molecule has 0 aliphatic rings. The Kier molecular flexibility index (Phi) is 4.24. The molecule has 0 aliphatic heterocycles. The number of nitrogens with two attached hydrogens (primary N) is 1. The van der Waals surface area contributed by atoms with Crippen LogP contribution in [0.2, 0.25) is 5.02 Å². The van der Waals surface area contributed by atoms with Crippen molar-refractivity contribution in [2.75, 3.05) is 12.3 Å². The number of halogens is 2. The average molecular weight is 298 g/mol. The number of nitrogens with zero attached hydrogens (tertiary/aromatic N) is 2. The van der Waals surface area contributed by atoms with E-state index in [0.29, 0.717) is 5.56 Å². The lowest BCUT2D eigenvalue weighted by Gasteiger charge is -2.03. The number of nitrogen functional groups attached to an aromatic ring is 1. The van der Waals surface area contributed by atoms with Crippen molar-refractivity contribution in [3.8, 4) is 0 Å². The molecule has 7 heteroatoms. The molecule has 0 fully saturated rings. The maximum atomic E-state index is 13.3. The summed E-state index contributed by atoms with van der Waals surface area (Å²) in [6, 6.07) is 4.45. The standard InChI is InChI=1S/C13H13ClFN3O2/c1-2-20-13(19)12-11(16)7-18(17-12)6-8-3-4-9(14)10(15)5-8/h3-5,7H,2,6,16H2,1H3. The number of benzene rings is 1. The van der Waals surface area contributed by atoms with Crippen LogP contribution in [0.1, 0.15) is 23.0 Å². The molecule has 0 bridgehead atoms. The molecule has 106 valence electrons. The maximum absolute atomic E-state index is 13.3. The fourth-order valence-corrected chi connectivity index (χ4v) is 1.82. The molecule has 20 heavy (non-hydrogen) atoms. The van der Waals surface area contributed by atoms with Crippen LogP contribution in [0.3, 0.4) is 0 Å². The highest BCUT2D eigenvalue weighted by molar-refractivity contribution is 6.30. The smallest absolute Gasteiger partial charge is 0.361 e. The number of aromatic nitrogens is 2. The minimum Gasteiger partial charge on any atom is -0.461 e. The van der Waals surface area contributed by atoms with Crippen LogP contribution >= 0.6 is 11.6 Å². The van der Waals surface area contributed by atoms with E-state index in [2.05, 4.69) is 5.10 Å². The number of esters is 1. The molecule has 0 aliphatic carbocycles. The summed E-state index contributed by atoms with van der Waals surface area (Å²) < 4.78 is 19.6. The number of anilines is 1. The van der Waals surface area contributed by atoms with Crippen molar-refractivity contribution < 1.29 is 13.9 Å². The average Bonchev–Trinajstić information content (AvgIpc) is 2.75. The van der Waals surface area contributed by atoms with E-state index in [1.165, 1.54) is 23.0 Å². The summed E-state index contributed by atoms with van der Waals surface area (Å²) in [5.74, 6) is -1.08. The van der Waals surface area contributed by atoms with Crippen LogP contribution < -0.4 is 5.73 Å². The number of hydrogen-bond acceptors (Lipinski definition) is 4. The van der Waals surface area contributed by atoms with Crippen molar-refractivity contribution in [1.29, 1.82) is 0 Å². The second kappa shape index (κ2) is 5.92. The van der Waals surface area contributed by atoms with Gasteiger partial charge in [0.1, 0.15) is 5.82 Å². The monoisotopic (exact) mass is 297 g/mol. The predicted molar refractivity (Wildman–Crippen MR) is 73.1 cm³/mol. The minimum absolute atomic E-state index is 0.0564. The lowest BCUT2D eigenvalue weighted by atomic mass is 10.2. The van der Waals surface area contributed by atoms with Gasteiger partial charge in [0.05, 0.1) is 23.9 Å². The molecule has 5 nitrogen and oxygen atoms in total. The zero-order valence-corrected chi connectivity index (χ0v) is 11.5. The van der Waals surface area contributed by atoms with Gasteiger partial charge in [-0.05, 0) is 24.6 Å². The normalized spacial score (nSPS) is 10.6. The Morgan fingerprint density at radius 1 is 1.55 bits per heavy atom. The molecule has 0 saturated carbocycles. The minimum atomic E-state index is -0.578. The molecule has 0 saturated heterocycles. The van der Waals surface area contributed by atoms with E-state index in [1.807, 2.05) is 0 Å². The Hall–Kier alpha value is -2.08. The molecule has 0 unspecified atom stereocenters. The van der Waals surface area contributed by atoms with Crippen molar-refractivity contribution >= 4 is 23.3 Å². The van der Waals surface area contributed by atoms with Crippen LogP contribution in [0.4, 0.5) is 10.1 Å². The van der Waals surface area contributed by atoms with Gasteiger partial charge < -0.3 is 10.5 Å². The summed E-state index contributed by atoms with van der Waals surface area (Å²) in [6.45, 7) is 2.22. The Morgan fingerprint density at radius 2 is 2.30 bits per heavy atom. The fraction of sp³-hybridized carbons (Fsp3) is 0.231. The summed E-state index contributed by atoms with van der Waals surface area (Å²) >= 11 is 5.61. The Labute approximate surface area is 120 Å². The van der Waals surface area contributed by atoms with Crippen LogP contribution in [0.15, 0.2) is 24.4 Å². The molecule has 1 aromatic heterocycles. The SMILES string of the molecule is CCOC(=O)c1nn(Cc2ccc(Cl)c(F)c2)cc1N. The van der Waals surface area contributed by atoms with E-state index >= 15 is 0 Å². The molecule has 0 radical (unpaired) electrons. The summed E-state index contributed by atoms with van der Waals surface area (Å²) in [6.07, 6.45) is 1.50. The molecule has 2 N–H and O–H groups in total. The van der Waals surface area contributed by atoms with Gasteiger partial charge >= 0.3 is 5.97 Å². The van der Waals surface area contributed by atoms with Crippen molar-refractivity contribution in [2.24, 2.45) is 0 Å². The first kappa shape index (κ1) is 14.3. The zero-order chi connectivity index (χ0) is 14.7. The van der Waals surface area contributed by atoms with E-state index in [9.17, 15) is 9.18 Å². The van der Waals surface area contributed by atoms with Crippen molar-refractivity contribution in [3.63, 3.8) is 0 Å². The van der Waals surface area contributed by atoms with Crippen molar-refractivity contribution in [3.05, 3.63) is 46.5 Å². The van der Waals surface area contributed by atoms with E-state index in [-0.39, 0.29) is 29.6 Å². The van der Waals surface area contributed by atoms with Gasteiger partial charge in [-0.1, -0.05) is 17.7 Å². The van der Waals surface area contributed by atoms with Gasteiger partial charge in [0, 0.05) is 6.20 Å². The molecule has 1 heterocycles. The molecule has 1 aromatic carbocycles. The number of carbonyl (C=O) groups excluding carboxylic acids is 1. The Morgan fingerprint density at radius 3 is 2.95 bits per heavy atom. The Balaban J connectivity index is 2.20. The van der Waals surface area contributed by atoms with Crippen molar-refractivity contribution in [2.45, 2.75) is 13.5 Å². The van der Waals surface area contributed by atoms with Crippen LogP contribution in [-0.2, 0) is 11.3 Å². The largest absolute Gasteiger partial charge is 0.461 e. The highest BCUT2D eigenvalue weighted by Crippen LogP contribution is 2.17. The summed E-state index contributed by atoms with van der Waals surface area (Å²) in [4.78, 5) is 11.6. The van der Waals surface area contributed by atoms with Crippen LogP contribution in [0.5, 0.6) is 0 Å². The van der Waals surface area contributed by atoms with Gasteiger partial charge in [0.2, 0.25) is 0 Å². The summed E-state index contributed by atoms with van der Waals surface area (Å²) in [5, 5.41) is 4.09. The van der Waals surface area contributed by atoms with Crippen molar-refractivity contribution in [1.82, 2.24) is 9.78 Å². The Bertz CT molecular complexity index is 643. The molecule has 0 spiro atoms. The molecule has 2 rings (SSSR count). The number of rotatable bonds is 4. The highest BCUT2D eigenvalue weighted by atomic mass is 35.5. The summed E-state index contributed by atoms with van der Waals surface area (Å²) in [5.41, 5.74) is 6.64. The van der Waals surface area contributed by atoms with E-state index in [1.54, 1.807) is 13.0 Å². The third-order valence-corrected chi connectivity index (χ3v) is 2.89. The zero-order valence-electron chi connectivity index (χ0n) is 10.8. The predicted octanol–water partition coefficient (Wildman–Crippen LogP) is 2.48. The molecule has 2 aromatic rings. The summed E-state index contributed by atoms with van der Waals surface area (Å²) in [7, 11) is 0. The quantitative estimate of drug-likeness (QED) is 0.880. The lowest BCUT2D eigenvalue weighted by molar-refractivity contribution is 0.0519. The van der Waals surface area contributed by atoms with E-state index < -0.39 is 11.8 Å². The topological polar surface area (TPSA) is 70.1 Å². The van der Waals surface area contributed by atoms with Gasteiger partial charge in [0.25, 0.3) is 0 Å². The third kappa shape index (κ3) is 3.08. The van der Waals surface area contributed by atoms with E-state index in [4.69, 9.17) is 22.1 Å². The lowest BCUT2D eigenvalue weighted by Crippen LogP contribution is -2.09. The van der Waals surface area contributed by atoms with Gasteiger partial charge in [-0.3, -0.25) is 4.68 Å². The van der Waals surface area contributed by atoms with Gasteiger partial charge in [-0.2, -0.15) is 5.10 Å². The second-order valence-electron chi connectivity index (χ2n) is 4.10. The third-order valence-electron chi connectivity index (χ3n) is 2.59. The van der Waals surface area contributed by atoms with Gasteiger partial charge in [-0.15, -0.1) is 0 Å². The van der Waals surface area contributed by atoms with Gasteiger partial charge in [-0.25, -0.2) is 9.18 Å². The fourth-order valence-electron chi connectivity index (χ4n) is 1.70. The first-order valence-corrected chi connectivity index (χ1v) is 6.33.